The summed E-state index contributed by atoms with van der Waals surface area (Å²) in [4.78, 5) is 15.9. The minimum atomic E-state index is -4.23. The third-order valence-corrected chi connectivity index (χ3v) is 6.00. The second kappa shape index (κ2) is 9.16. The summed E-state index contributed by atoms with van der Waals surface area (Å²) in [6, 6.07) is 5.19. The van der Waals surface area contributed by atoms with Gasteiger partial charge in [-0.15, -0.1) is 0 Å². The average molecular weight is 463 g/mol. The zero-order valence-electron chi connectivity index (χ0n) is 16.8. The third-order valence-electron chi connectivity index (χ3n) is 5.26. The molecular weight excluding hydrogens is 440 g/mol. The molecule has 1 aliphatic rings. The number of nitrogens with zero attached hydrogens (tertiary/aromatic N) is 4. The Morgan fingerprint density at radius 2 is 1.83 bits per heavy atom. The molecule has 30 heavy (non-hydrogen) atoms. The van der Waals surface area contributed by atoms with Gasteiger partial charge in [0, 0.05) is 37.4 Å². The van der Waals surface area contributed by atoms with Crippen LogP contribution in [0.15, 0.2) is 18.2 Å². The van der Waals surface area contributed by atoms with Crippen LogP contribution in [0, 0.1) is 13.8 Å². The highest BCUT2D eigenvalue weighted by Crippen LogP contribution is 2.26. The molecule has 0 saturated carbocycles. The Hall–Kier alpha value is -1.77. The molecule has 0 bridgehead atoms. The molecule has 1 aromatic carbocycles. The van der Waals surface area contributed by atoms with E-state index in [-0.39, 0.29) is 25.4 Å². The molecule has 0 aliphatic carbocycles. The first-order valence-electron chi connectivity index (χ1n) is 9.62. The molecule has 5 nitrogen and oxygen atoms in total. The fourth-order valence-corrected chi connectivity index (χ4v) is 3.99. The Balaban J connectivity index is 1.71. The second-order valence-corrected chi connectivity index (χ2v) is 8.28. The first-order chi connectivity index (χ1) is 14.0. The lowest BCUT2D eigenvalue weighted by Crippen LogP contribution is -2.39. The van der Waals surface area contributed by atoms with Crippen LogP contribution in [-0.2, 0) is 11.2 Å². The van der Waals surface area contributed by atoms with Gasteiger partial charge in [0.2, 0.25) is 5.91 Å². The van der Waals surface area contributed by atoms with E-state index in [9.17, 15) is 18.0 Å². The summed E-state index contributed by atoms with van der Waals surface area (Å²) < 4.78 is 39.7. The maximum atomic E-state index is 12.9. The Kier molecular flexibility index (Phi) is 6.99. The van der Waals surface area contributed by atoms with Crippen LogP contribution in [0.3, 0.4) is 0 Å². The number of alkyl halides is 3. The molecule has 1 fully saturated rings. The number of hydrogen-bond donors (Lipinski definition) is 0. The zero-order valence-corrected chi connectivity index (χ0v) is 18.3. The number of amides is 1. The Morgan fingerprint density at radius 3 is 2.50 bits per heavy atom. The molecule has 10 heteroatoms. The normalized spacial score (nSPS) is 16.0. The van der Waals surface area contributed by atoms with Crippen LogP contribution in [0.5, 0.6) is 0 Å². The predicted molar refractivity (Wildman–Crippen MR) is 110 cm³/mol. The van der Waals surface area contributed by atoms with Crippen LogP contribution < -0.4 is 0 Å². The van der Waals surface area contributed by atoms with Gasteiger partial charge in [-0.1, -0.05) is 23.2 Å². The summed E-state index contributed by atoms with van der Waals surface area (Å²) >= 11 is 12.1. The number of halogens is 5. The van der Waals surface area contributed by atoms with E-state index < -0.39 is 12.7 Å². The van der Waals surface area contributed by atoms with Crippen LogP contribution >= 0.6 is 23.2 Å². The molecule has 3 rings (SSSR count). The molecule has 0 atom stereocenters. The van der Waals surface area contributed by atoms with Crippen molar-refractivity contribution >= 4 is 29.1 Å². The molecule has 0 spiro atoms. The van der Waals surface area contributed by atoms with Crippen molar-refractivity contribution in [2.24, 2.45) is 0 Å². The van der Waals surface area contributed by atoms with E-state index in [1.165, 1.54) is 4.90 Å². The number of aromatic nitrogens is 2. The molecule has 1 amide bonds. The number of rotatable bonds is 4. The standard InChI is InChI=1S/C20H23Cl2F3N4O/c1-13-16(14(2)29(26-13)15-4-5-17(21)18(22)10-15)11-19(30)28-7-3-6-27(8-9-28)12-20(23,24)25/h4-5,10H,3,6-9,11-12H2,1-2H3. The summed E-state index contributed by atoms with van der Waals surface area (Å²) in [5, 5.41) is 5.38. The van der Waals surface area contributed by atoms with Gasteiger partial charge in [0.25, 0.3) is 0 Å². The van der Waals surface area contributed by atoms with Gasteiger partial charge in [-0.2, -0.15) is 18.3 Å². The first kappa shape index (κ1) is 22.9. The van der Waals surface area contributed by atoms with E-state index in [1.807, 2.05) is 13.8 Å². The number of carbonyl (C=O) groups is 1. The summed E-state index contributed by atoms with van der Waals surface area (Å²) in [6.07, 6.45) is -3.56. The van der Waals surface area contributed by atoms with Gasteiger partial charge >= 0.3 is 6.18 Å². The summed E-state index contributed by atoms with van der Waals surface area (Å²) in [7, 11) is 0. The molecule has 164 valence electrons. The highest BCUT2D eigenvalue weighted by atomic mass is 35.5. The minimum Gasteiger partial charge on any atom is -0.341 e. The predicted octanol–water partition coefficient (Wildman–Crippen LogP) is 4.44. The Bertz CT molecular complexity index is 930. The Morgan fingerprint density at radius 1 is 1.10 bits per heavy atom. The smallest absolute Gasteiger partial charge is 0.341 e. The number of carbonyl (C=O) groups excluding carboxylic acids is 1. The third kappa shape index (κ3) is 5.47. The molecule has 2 heterocycles. The van der Waals surface area contributed by atoms with Crippen molar-refractivity contribution in [1.29, 1.82) is 0 Å². The SMILES string of the molecule is Cc1nn(-c2ccc(Cl)c(Cl)c2)c(C)c1CC(=O)N1CCCN(CC(F)(F)F)CC1. The maximum absolute atomic E-state index is 12.9. The molecule has 0 N–H and O–H groups in total. The molecule has 1 aliphatic heterocycles. The van der Waals surface area contributed by atoms with Crippen LogP contribution in [0.25, 0.3) is 5.69 Å². The summed E-state index contributed by atoms with van der Waals surface area (Å²) in [6.45, 7) is 4.04. The van der Waals surface area contributed by atoms with E-state index in [2.05, 4.69) is 5.10 Å². The topological polar surface area (TPSA) is 41.4 Å². The molecule has 1 saturated heterocycles. The highest BCUT2D eigenvalue weighted by Gasteiger charge is 2.32. The van der Waals surface area contributed by atoms with Crippen LogP contribution in [-0.4, -0.2) is 64.4 Å². The highest BCUT2D eigenvalue weighted by molar-refractivity contribution is 6.42. The largest absolute Gasteiger partial charge is 0.401 e. The molecule has 1 aromatic heterocycles. The van der Waals surface area contributed by atoms with Crippen molar-refractivity contribution in [1.82, 2.24) is 19.6 Å². The number of hydrogen-bond acceptors (Lipinski definition) is 3. The lowest BCUT2D eigenvalue weighted by molar-refractivity contribution is -0.145. The van der Waals surface area contributed by atoms with Gasteiger partial charge in [-0.05, 0) is 38.5 Å². The number of aryl methyl sites for hydroxylation is 1. The minimum absolute atomic E-state index is 0.108. The lowest BCUT2D eigenvalue weighted by atomic mass is 10.1. The fraction of sp³-hybridized carbons (Fsp3) is 0.500. The van der Waals surface area contributed by atoms with Crippen LogP contribution in [0.2, 0.25) is 10.0 Å². The van der Waals surface area contributed by atoms with Gasteiger partial charge < -0.3 is 4.90 Å². The lowest BCUT2D eigenvalue weighted by Gasteiger charge is -2.23. The van der Waals surface area contributed by atoms with Crippen LogP contribution in [0.1, 0.15) is 23.4 Å². The van der Waals surface area contributed by atoms with Crippen molar-refractivity contribution in [2.75, 3.05) is 32.7 Å². The maximum Gasteiger partial charge on any atom is 0.401 e. The summed E-state index contributed by atoms with van der Waals surface area (Å²) in [5.41, 5.74) is 3.08. The number of benzene rings is 1. The van der Waals surface area contributed by atoms with E-state index in [0.29, 0.717) is 29.6 Å². The quantitative estimate of drug-likeness (QED) is 0.674. The van der Waals surface area contributed by atoms with Gasteiger partial charge in [-0.3, -0.25) is 9.69 Å². The second-order valence-electron chi connectivity index (χ2n) is 7.46. The van der Waals surface area contributed by atoms with Crippen molar-refractivity contribution in [2.45, 2.75) is 32.9 Å². The van der Waals surface area contributed by atoms with E-state index in [0.717, 1.165) is 22.6 Å². The summed E-state index contributed by atoms with van der Waals surface area (Å²) in [5.74, 6) is -0.108. The van der Waals surface area contributed by atoms with Gasteiger partial charge in [-0.25, -0.2) is 4.68 Å². The van der Waals surface area contributed by atoms with Crippen molar-refractivity contribution in [3.8, 4) is 5.69 Å². The van der Waals surface area contributed by atoms with Crippen molar-refractivity contribution < 1.29 is 18.0 Å². The molecule has 0 unspecified atom stereocenters. The van der Waals surface area contributed by atoms with Gasteiger partial charge in [0.05, 0.1) is 34.4 Å². The molecule has 2 aromatic rings. The van der Waals surface area contributed by atoms with Gasteiger partial charge in [0.15, 0.2) is 0 Å². The van der Waals surface area contributed by atoms with E-state index in [1.54, 1.807) is 27.8 Å². The zero-order chi connectivity index (χ0) is 22.1. The average Bonchev–Trinajstić information content (AvgIpc) is 2.82. The van der Waals surface area contributed by atoms with Crippen LogP contribution in [0.4, 0.5) is 13.2 Å². The van der Waals surface area contributed by atoms with Gasteiger partial charge in [0.1, 0.15) is 0 Å². The monoisotopic (exact) mass is 462 g/mol. The van der Waals surface area contributed by atoms with E-state index >= 15 is 0 Å². The fourth-order valence-electron chi connectivity index (χ4n) is 3.69. The van der Waals surface area contributed by atoms with Crippen molar-refractivity contribution in [3.05, 3.63) is 45.2 Å². The molecule has 0 radical (unpaired) electrons. The van der Waals surface area contributed by atoms with E-state index in [4.69, 9.17) is 23.2 Å². The first-order valence-corrected chi connectivity index (χ1v) is 10.4. The molecular formula is C20H23Cl2F3N4O. The Labute approximate surface area is 183 Å². The van der Waals surface area contributed by atoms with Crippen molar-refractivity contribution in [3.63, 3.8) is 0 Å².